The van der Waals surface area contributed by atoms with Crippen LogP contribution in [0.15, 0.2) is 89.6 Å². The van der Waals surface area contributed by atoms with Crippen molar-refractivity contribution in [1.29, 1.82) is 0 Å². The van der Waals surface area contributed by atoms with Crippen LogP contribution in [0.4, 0.5) is 11.5 Å². The lowest BCUT2D eigenvalue weighted by Crippen LogP contribution is -2.30. The number of likely N-dealkylation sites (N-methyl/N-ethyl adjacent to an activating group) is 1. The number of carbonyl (C=O) groups excluding carboxylic acids is 1. The Kier molecular flexibility index (Phi) is 21.0. The van der Waals surface area contributed by atoms with Crippen LogP contribution in [0.3, 0.4) is 0 Å². The van der Waals surface area contributed by atoms with E-state index < -0.39 is 0 Å². The summed E-state index contributed by atoms with van der Waals surface area (Å²) in [6.07, 6.45) is 23.8. The van der Waals surface area contributed by atoms with E-state index in [1.165, 1.54) is 44.1 Å². The largest absolute Gasteiger partial charge is 0.457 e. The summed E-state index contributed by atoms with van der Waals surface area (Å²) in [4.78, 5) is 26.8. The minimum Gasteiger partial charge on any atom is -0.457 e. The van der Waals surface area contributed by atoms with E-state index in [2.05, 4.69) is 49.6 Å². The highest BCUT2D eigenvalue weighted by Gasteiger charge is 2.23. The molecule has 0 saturated carbocycles. The Balaban J connectivity index is 0.000000611. The lowest BCUT2D eigenvalue weighted by atomic mass is 10.0. The van der Waals surface area contributed by atoms with Crippen LogP contribution in [0.1, 0.15) is 102 Å². The van der Waals surface area contributed by atoms with E-state index in [9.17, 15) is 4.79 Å². The Morgan fingerprint density at radius 1 is 1.09 bits per heavy atom. The van der Waals surface area contributed by atoms with Crippen molar-refractivity contribution in [1.82, 2.24) is 14.8 Å². The van der Waals surface area contributed by atoms with Crippen LogP contribution in [0.25, 0.3) is 0 Å². The Bertz CT molecular complexity index is 1650. The molecule has 0 spiro atoms. The van der Waals surface area contributed by atoms with Crippen molar-refractivity contribution in [3.05, 3.63) is 107 Å². The molecule has 4 rings (SSSR count). The second kappa shape index (κ2) is 24.8. The number of hydrogen-bond donors (Lipinski definition) is 2. The summed E-state index contributed by atoms with van der Waals surface area (Å²) in [7, 11) is 3.93. The van der Waals surface area contributed by atoms with Crippen molar-refractivity contribution in [2.75, 3.05) is 45.2 Å². The topological polar surface area (TPSA) is 113 Å². The van der Waals surface area contributed by atoms with E-state index in [-0.39, 0.29) is 5.78 Å². The van der Waals surface area contributed by atoms with Crippen LogP contribution >= 0.6 is 0 Å². The van der Waals surface area contributed by atoms with Crippen molar-refractivity contribution in [2.24, 2.45) is 22.4 Å². The molecule has 0 saturated heterocycles. The minimum atomic E-state index is 0.108. The summed E-state index contributed by atoms with van der Waals surface area (Å²) < 4.78 is 6.23. The number of aryl methyl sites for hydroxylation is 3. The minimum absolute atomic E-state index is 0.108. The molecular weight excluding hydrogens is 671 g/mol. The maximum absolute atomic E-state index is 10.3. The van der Waals surface area contributed by atoms with Gasteiger partial charge >= 0.3 is 0 Å². The number of amidine groups is 1. The predicted molar refractivity (Wildman–Crippen MR) is 230 cm³/mol. The molecule has 4 N–H and O–H groups in total. The molecule has 2 aliphatic rings. The fourth-order valence-corrected chi connectivity index (χ4v) is 5.95. The number of rotatable bonds is 14. The van der Waals surface area contributed by atoms with Crippen molar-refractivity contribution in [3.8, 4) is 5.75 Å². The first-order valence-electron chi connectivity index (χ1n) is 19.7. The van der Waals surface area contributed by atoms with Gasteiger partial charge in [0, 0.05) is 43.8 Å². The second-order valence-electron chi connectivity index (χ2n) is 14.4. The van der Waals surface area contributed by atoms with E-state index in [0.717, 1.165) is 78.1 Å². The molecule has 1 aromatic carbocycles. The molecule has 9 heteroatoms. The average molecular weight is 740 g/mol. The molecule has 2 aliphatic heterocycles. The summed E-state index contributed by atoms with van der Waals surface area (Å²) in [5, 5.41) is 0. The van der Waals surface area contributed by atoms with Gasteiger partial charge in [0.25, 0.3) is 0 Å². The third kappa shape index (κ3) is 15.9. The predicted octanol–water partition coefficient (Wildman–Crippen LogP) is 9.28. The highest BCUT2D eigenvalue weighted by atomic mass is 16.5. The molecule has 9 nitrogen and oxygen atoms in total. The number of pyridine rings is 1. The van der Waals surface area contributed by atoms with Gasteiger partial charge in [-0.15, -0.1) is 0 Å². The molecule has 1 aromatic heterocycles. The molecule has 0 aliphatic carbocycles. The van der Waals surface area contributed by atoms with Crippen LogP contribution < -0.4 is 21.1 Å². The van der Waals surface area contributed by atoms with E-state index in [4.69, 9.17) is 26.2 Å². The Hall–Kier alpha value is -4.47. The standard InChI is InChI=1S/C34H45N5O.C7H13NO.C4H11N/c1-7-10-11-18-39-23-24(4)12-13-27-20-26(6)32(37-34(27)39)33(35)36-28-14-15-31(25(5)21-28)40-30-16-19-38(17-8-2)29(9-3)22-30;1-7(9)5-4-6-8(2)3;1-2-3-4-5/h8-9,14-17,19-22,24H,7,10-13,18,23H2,1-6H3,(H2,35,36);4-5H,6H2,1-3H3;2-5H2,1H3/b17-8-,29-9?;5-4+;. The smallest absolute Gasteiger partial charge is 0.152 e. The zero-order chi connectivity index (χ0) is 40.0. The Labute approximate surface area is 327 Å². The summed E-state index contributed by atoms with van der Waals surface area (Å²) in [5.41, 5.74) is 17.7. The fourth-order valence-electron chi connectivity index (χ4n) is 5.95. The van der Waals surface area contributed by atoms with E-state index in [1.807, 2.05) is 94.7 Å². The van der Waals surface area contributed by atoms with E-state index >= 15 is 0 Å². The van der Waals surface area contributed by atoms with Crippen LogP contribution in [0.2, 0.25) is 0 Å². The number of ether oxygens (including phenoxy) is 1. The van der Waals surface area contributed by atoms with E-state index in [1.54, 1.807) is 13.0 Å². The summed E-state index contributed by atoms with van der Waals surface area (Å²) in [5.74, 6) is 3.86. The SMILES string of the molecule is CC(=O)/C=C/CN(C)C.CC=C1C=C(Oc2ccc(N=C(N)c3nc4c(cc3C)CCC(C)CN4CCCCC)cc2C)C=CN1/C=C\C.CCCCN. The maximum atomic E-state index is 10.3. The van der Waals surface area contributed by atoms with Gasteiger partial charge in [-0.05, 0) is 134 Å². The van der Waals surface area contributed by atoms with Gasteiger partial charge in [-0.2, -0.15) is 0 Å². The number of aromatic nitrogens is 1. The number of allylic oxidation sites excluding steroid dienone is 5. The molecule has 54 heavy (non-hydrogen) atoms. The first-order chi connectivity index (χ1) is 25.9. The number of carbonyl (C=O) groups is 1. The average Bonchev–Trinajstić information content (AvgIpc) is 3.27. The Morgan fingerprint density at radius 3 is 2.43 bits per heavy atom. The monoisotopic (exact) mass is 740 g/mol. The lowest BCUT2D eigenvalue weighted by Gasteiger charge is -2.26. The zero-order valence-corrected chi connectivity index (χ0v) is 35.0. The first kappa shape index (κ1) is 45.7. The highest BCUT2D eigenvalue weighted by molar-refractivity contribution is 5.99. The number of aliphatic imine (C=N–C) groups is 1. The molecule has 1 atom stereocenters. The molecular formula is C45H69N7O2. The third-order valence-electron chi connectivity index (χ3n) is 8.89. The van der Waals surface area contributed by atoms with E-state index in [0.29, 0.717) is 11.8 Å². The van der Waals surface area contributed by atoms with Gasteiger partial charge in [-0.25, -0.2) is 9.98 Å². The number of nitrogens with zero attached hydrogens (tertiary/aromatic N) is 5. The number of ketones is 1. The highest BCUT2D eigenvalue weighted by Crippen LogP contribution is 2.31. The number of benzene rings is 1. The second-order valence-corrected chi connectivity index (χ2v) is 14.4. The van der Waals surface area contributed by atoms with Crippen LogP contribution in [0, 0.1) is 19.8 Å². The van der Waals surface area contributed by atoms with Crippen LogP contribution in [0.5, 0.6) is 5.75 Å². The Morgan fingerprint density at radius 2 is 1.83 bits per heavy atom. The molecule has 0 amide bonds. The van der Waals surface area contributed by atoms with Gasteiger partial charge in [-0.3, -0.25) is 4.79 Å². The molecule has 0 radical (unpaired) electrons. The van der Waals surface area contributed by atoms with Gasteiger partial charge in [0.1, 0.15) is 28.9 Å². The van der Waals surface area contributed by atoms with Crippen molar-refractivity contribution in [3.63, 3.8) is 0 Å². The molecule has 0 bridgehead atoms. The molecule has 0 fully saturated rings. The van der Waals surface area contributed by atoms with Crippen LogP contribution in [-0.4, -0.2) is 66.7 Å². The molecule has 1 unspecified atom stereocenters. The number of nitrogens with two attached hydrogens (primary N) is 2. The van der Waals surface area contributed by atoms with Crippen molar-refractivity contribution >= 4 is 23.1 Å². The van der Waals surface area contributed by atoms with Gasteiger partial charge in [-0.1, -0.05) is 64.3 Å². The number of fused-ring (bicyclic) bond motifs is 1. The molecule has 3 heterocycles. The zero-order valence-electron chi connectivity index (χ0n) is 35.0. The summed E-state index contributed by atoms with van der Waals surface area (Å²) in [6, 6.07) is 8.19. The summed E-state index contributed by atoms with van der Waals surface area (Å²) in [6.45, 7) is 20.2. The molecule has 2 aromatic rings. The van der Waals surface area contributed by atoms with Crippen molar-refractivity contribution < 1.29 is 9.53 Å². The third-order valence-corrected chi connectivity index (χ3v) is 8.89. The van der Waals surface area contributed by atoms with Gasteiger partial charge in [0.15, 0.2) is 5.78 Å². The summed E-state index contributed by atoms with van der Waals surface area (Å²) >= 11 is 0. The fraction of sp³-hybridized carbons (Fsp3) is 0.489. The normalized spacial score (nSPS) is 16.5. The van der Waals surface area contributed by atoms with Gasteiger partial charge in [0.05, 0.1) is 5.69 Å². The number of hydrogen-bond acceptors (Lipinski definition) is 8. The van der Waals surface area contributed by atoms with Crippen molar-refractivity contribution in [2.45, 2.75) is 100 Å². The number of anilines is 1. The molecule has 296 valence electrons. The maximum Gasteiger partial charge on any atom is 0.152 e. The lowest BCUT2D eigenvalue weighted by molar-refractivity contribution is -0.112. The van der Waals surface area contributed by atoms with Gasteiger partial charge < -0.3 is 30.9 Å². The van der Waals surface area contributed by atoms with Crippen LogP contribution in [-0.2, 0) is 11.2 Å². The first-order valence-corrected chi connectivity index (χ1v) is 19.7. The quantitative estimate of drug-likeness (QED) is 0.0854. The van der Waals surface area contributed by atoms with Gasteiger partial charge in [0.2, 0.25) is 0 Å². The number of unbranched alkanes of at least 4 members (excludes halogenated alkanes) is 3.